The number of allylic oxidation sites excluding steroid dienone is 1. The first-order chi connectivity index (χ1) is 11.2. The first-order valence-corrected chi connectivity index (χ1v) is 12.8. The Morgan fingerprint density at radius 2 is 1.52 bits per heavy atom. The standard InChI is InChI=1S/C20H15.2ClH.Ti/c1-14-12-16-8-5-11-19(20(16)13-14)18-10-4-7-15-6-2-3-9-17(15)18;;;/h2-13H,1H3;2*1H;/q;;;+2/p-2. The monoisotopic (exact) mass is 373 g/mol. The van der Waals surface area contributed by atoms with E-state index in [0.29, 0.717) is 0 Å². The molecule has 113 valence electrons. The number of halogens is 2. The van der Waals surface area contributed by atoms with Crippen molar-refractivity contribution in [2.45, 2.75) is 11.1 Å². The van der Waals surface area contributed by atoms with Gasteiger partial charge in [0.1, 0.15) is 0 Å². The molecule has 1 atom stereocenters. The second-order valence-corrected chi connectivity index (χ2v) is 11.9. The molecule has 3 aromatic rings. The molecular weight excluding hydrogens is 359 g/mol. The SMILES string of the molecule is CC1=Cc2c(-c3cccc4ccccc34)cccc2[CH]1[Ti]([Cl])[Cl]. The Hall–Kier alpha value is -1.05. The average molecular weight is 374 g/mol. The van der Waals surface area contributed by atoms with Crippen LogP contribution in [0.4, 0.5) is 0 Å². The van der Waals surface area contributed by atoms with Crippen molar-refractivity contribution >= 4 is 35.5 Å². The van der Waals surface area contributed by atoms with Gasteiger partial charge in [0.25, 0.3) is 0 Å². The first kappa shape index (κ1) is 15.5. The molecule has 0 bridgehead atoms. The molecule has 0 heterocycles. The number of fused-ring (bicyclic) bond motifs is 2. The first-order valence-electron chi connectivity index (χ1n) is 7.64. The molecule has 0 aromatic heterocycles. The van der Waals surface area contributed by atoms with E-state index in [-0.39, 0.29) is 4.22 Å². The summed E-state index contributed by atoms with van der Waals surface area (Å²) in [6, 6.07) is 21.5. The van der Waals surface area contributed by atoms with E-state index in [9.17, 15) is 0 Å². The molecule has 0 radical (unpaired) electrons. The van der Waals surface area contributed by atoms with Gasteiger partial charge in [0, 0.05) is 0 Å². The van der Waals surface area contributed by atoms with Gasteiger partial charge in [0.15, 0.2) is 0 Å². The van der Waals surface area contributed by atoms with Gasteiger partial charge in [-0.2, -0.15) is 0 Å². The van der Waals surface area contributed by atoms with E-state index in [1.807, 2.05) is 0 Å². The summed E-state index contributed by atoms with van der Waals surface area (Å²) in [6.07, 6.45) is 2.27. The van der Waals surface area contributed by atoms with Crippen LogP contribution in [0.1, 0.15) is 22.3 Å². The van der Waals surface area contributed by atoms with Crippen LogP contribution >= 0.6 is 18.6 Å². The predicted molar refractivity (Wildman–Crippen MR) is 97.5 cm³/mol. The number of hydrogen-bond acceptors (Lipinski definition) is 0. The maximum atomic E-state index is 6.39. The van der Waals surface area contributed by atoms with Crippen LogP contribution in [0.2, 0.25) is 0 Å². The van der Waals surface area contributed by atoms with Crippen LogP contribution in [-0.2, 0) is 15.7 Å². The summed E-state index contributed by atoms with van der Waals surface area (Å²) in [6.45, 7) is 2.15. The summed E-state index contributed by atoms with van der Waals surface area (Å²) in [5.41, 5.74) is 6.43. The van der Waals surface area contributed by atoms with Gasteiger partial charge in [-0.15, -0.1) is 0 Å². The maximum absolute atomic E-state index is 6.39. The van der Waals surface area contributed by atoms with E-state index in [4.69, 9.17) is 18.6 Å². The predicted octanol–water partition coefficient (Wildman–Crippen LogP) is 6.89. The van der Waals surface area contributed by atoms with E-state index in [1.165, 1.54) is 38.6 Å². The molecule has 0 spiro atoms. The summed E-state index contributed by atoms with van der Waals surface area (Å²) in [7, 11) is 12.8. The Morgan fingerprint density at radius 1 is 0.826 bits per heavy atom. The third kappa shape index (κ3) is 2.59. The van der Waals surface area contributed by atoms with Gasteiger partial charge in [-0.1, -0.05) is 0 Å². The molecule has 4 rings (SSSR count). The van der Waals surface area contributed by atoms with Crippen molar-refractivity contribution in [2.75, 3.05) is 0 Å². The fourth-order valence-electron chi connectivity index (χ4n) is 3.54. The number of rotatable bonds is 2. The molecule has 0 saturated heterocycles. The van der Waals surface area contributed by atoms with E-state index in [1.54, 1.807) is 0 Å². The molecule has 0 fully saturated rings. The molecule has 3 heteroatoms. The second kappa shape index (κ2) is 6.11. The molecule has 0 saturated carbocycles. The quantitative estimate of drug-likeness (QED) is 0.429. The van der Waals surface area contributed by atoms with Gasteiger partial charge < -0.3 is 0 Å². The van der Waals surface area contributed by atoms with Crippen LogP contribution in [0, 0.1) is 0 Å². The molecule has 1 aliphatic rings. The number of hydrogen-bond donors (Lipinski definition) is 0. The molecular formula is C20H15Cl2Ti. The zero-order valence-corrected chi connectivity index (χ0v) is 15.8. The van der Waals surface area contributed by atoms with E-state index in [0.717, 1.165) is 0 Å². The summed E-state index contributed by atoms with van der Waals surface area (Å²) in [4.78, 5) is 0. The molecule has 0 N–H and O–H groups in total. The summed E-state index contributed by atoms with van der Waals surface area (Å²) >= 11 is -2.08. The summed E-state index contributed by atoms with van der Waals surface area (Å²) < 4.78 is 0.253. The van der Waals surface area contributed by atoms with Crippen LogP contribution in [0.15, 0.2) is 66.2 Å². The van der Waals surface area contributed by atoms with Crippen molar-refractivity contribution in [1.82, 2.24) is 0 Å². The van der Waals surface area contributed by atoms with Gasteiger partial charge in [-0.05, 0) is 0 Å². The minimum atomic E-state index is -2.08. The molecule has 0 aliphatic heterocycles. The zero-order valence-electron chi connectivity index (χ0n) is 12.7. The topological polar surface area (TPSA) is 0 Å². The normalized spacial score (nSPS) is 16.3. The third-order valence-corrected chi connectivity index (χ3v) is 8.25. The molecule has 3 aromatic carbocycles. The van der Waals surface area contributed by atoms with Crippen LogP contribution < -0.4 is 0 Å². The Morgan fingerprint density at radius 3 is 2.35 bits per heavy atom. The van der Waals surface area contributed by atoms with Crippen molar-refractivity contribution in [3.63, 3.8) is 0 Å². The van der Waals surface area contributed by atoms with Crippen molar-refractivity contribution in [2.24, 2.45) is 0 Å². The van der Waals surface area contributed by atoms with Crippen LogP contribution in [0.3, 0.4) is 0 Å². The van der Waals surface area contributed by atoms with Gasteiger partial charge in [0.2, 0.25) is 0 Å². The Balaban J connectivity index is 1.99. The van der Waals surface area contributed by atoms with Gasteiger partial charge in [-0.3, -0.25) is 0 Å². The zero-order chi connectivity index (χ0) is 16.0. The van der Waals surface area contributed by atoms with E-state index in [2.05, 4.69) is 73.7 Å². The van der Waals surface area contributed by atoms with Gasteiger partial charge in [-0.25, -0.2) is 0 Å². The molecule has 23 heavy (non-hydrogen) atoms. The second-order valence-electron chi connectivity index (χ2n) is 5.95. The minimum absolute atomic E-state index is 0.253. The summed E-state index contributed by atoms with van der Waals surface area (Å²) in [5.74, 6) is 0. The number of benzene rings is 3. The van der Waals surface area contributed by atoms with Crippen LogP contribution in [-0.4, -0.2) is 0 Å². The van der Waals surface area contributed by atoms with Crippen molar-refractivity contribution in [3.05, 3.63) is 77.4 Å². The van der Waals surface area contributed by atoms with Gasteiger partial charge in [0.05, 0.1) is 0 Å². The molecule has 0 nitrogen and oxygen atoms in total. The summed E-state index contributed by atoms with van der Waals surface area (Å²) in [5, 5.41) is 2.55. The molecule has 0 amide bonds. The Bertz CT molecular complexity index is 923. The fraction of sp³-hybridized carbons (Fsp3) is 0.100. The molecule has 1 unspecified atom stereocenters. The van der Waals surface area contributed by atoms with Crippen LogP contribution in [0.25, 0.3) is 28.0 Å². The third-order valence-electron chi connectivity index (χ3n) is 4.58. The van der Waals surface area contributed by atoms with Crippen molar-refractivity contribution in [1.29, 1.82) is 0 Å². The Labute approximate surface area is 150 Å². The average Bonchev–Trinajstić information content (AvgIpc) is 2.90. The Kier molecular flexibility index (Phi) is 4.11. The van der Waals surface area contributed by atoms with E-state index >= 15 is 0 Å². The van der Waals surface area contributed by atoms with Crippen LogP contribution in [0.5, 0.6) is 0 Å². The van der Waals surface area contributed by atoms with Gasteiger partial charge >= 0.3 is 151 Å². The van der Waals surface area contributed by atoms with E-state index < -0.39 is 15.7 Å². The fourth-order valence-corrected chi connectivity index (χ4v) is 7.35. The van der Waals surface area contributed by atoms with Crippen molar-refractivity contribution < 1.29 is 15.7 Å². The van der Waals surface area contributed by atoms with Crippen molar-refractivity contribution in [3.8, 4) is 11.1 Å². The molecule has 1 aliphatic carbocycles.